The van der Waals surface area contributed by atoms with Crippen LogP contribution in [0.25, 0.3) is 0 Å². The molecule has 0 saturated heterocycles. The van der Waals surface area contributed by atoms with Crippen LogP contribution in [-0.4, -0.2) is 36.0 Å². The number of benzene rings is 2. The van der Waals surface area contributed by atoms with Gasteiger partial charge in [-0.25, -0.2) is 0 Å². The van der Waals surface area contributed by atoms with Crippen molar-refractivity contribution >= 4 is 0 Å². The van der Waals surface area contributed by atoms with Gasteiger partial charge in [-0.1, -0.05) is 30.3 Å². The monoisotopic (exact) mass is 287 g/mol. The van der Waals surface area contributed by atoms with Crippen LogP contribution in [0.1, 0.15) is 5.56 Å². The maximum atomic E-state index is 9.83. The molecule has 0 radical (unpaired) electrons. The molecule has 0 aliphatic carbocycles. The third-order valence-corrected chi connectivity index (χ3v) is 3.09. The molecule has 1 atom stereocenters. The first-order valence-corrected chi connectivity index (χ1v) is 7.08. The number of rotatable bonds is 8. The molecule has 1 unspecified atom stereocenters. The second kappa shape index (κ2) is 8.29. The Kier molecular flexibility index (Phi) is 6.06. The first kappa shape index (κ1) is 15.4. The van der Waals surface area contributed by atoms with Crippen LogP contribution in [0.2, 0.25) is 0 Å². The summed E-state index contributed by atoms with van der Waals surface area (Å²) in [5.41, 5.74) is 1.28. The van der Waals surface area contributed by atoms with Crippen molar-refractivity contribution in [1.82, 2.24) is 5.32 Å². The maximum Gasteiger partial charge on any atom is 0.119 e. The molecule has 2 rings (SSSR count). The van der Waals surface area contributed by atoms with E-state index in [9.17, 15) is 5.11 Å². The Morgan fingerprint density at radius 1 is 1.00 bits per heavy atom. The van der Waals surface area contributed by atoms with Crippen molar-refractivity contribution in [1.29, 1.82) is 0 Å². The van der Waals surface area contributed by atoms with Gasteiger partial charge in [0.05, 0.1) is 0 Å². The molecule has 0 bridgehead atoms. The fraction of sp³-hybridized carbons (Fsp3) is 0.294. The van der Waals surface area contributed by atoms with E-state index in [0.29, 0.717) is 12.3 Å². The summed E-state index contributed by atoms with van der Waals surface area (Å²) in [6, 6.07) is 16.7. The summed E-state index contributed by atoms with van der Waals surface area (Å²) >= 11 is 0. The minimum absolute atomic E-state index is 0.200. The number of nitrogens with one attached hydrogen (secondary N) is 1. The standard InChI is InChI=1S/C17H21NO3/c19-15-6-8-17(9-7-15)21-13-16(20)12-18-11-10-14-4-2-1-3-5-14/h1-9,16,18-20H,10-13H2. The van der Waals surface area contributed by atoms with Crippen molar-refractivity contribution in [3.63, 3.8) is 0 Å². The third kappa shape index (κ3) is 5.85. The average molecular weight is 287 g/mol. The van der Waals surface area contributed by atoms with Crippen LogP contribution >= 0.6 is 0 Å². The summed E-state index contributed by atoms with van der Waals surface area (Å²) in [7, 11) is 0. The molecule has 112 valence electrons. The maximum absolute atomic E-state index is 9.83. The van der Waals surface area contributed by atoms with Gasteiger partial charge in [-0.05, 0) is 42.8 Å². The van der Waals surface area contributed by atoms with Gasteiger partial charge in [0.1, 0.15) is 24.2 Å². The van der Waals surface area contributed by atoms with Crippen LogP contribution in [0.3, 0.4) is 0 Å². The smallest absolute Gasteiger partial charge is 0.119 e. The summed E-state index contributed by atoms with van der Waals surface area (Å²) < 4.78 is 5.44. The molecule has 0 aliphatic rings. The second-order valence-electron chi connectivity index (χ2n) is 4.90. The summed E-state index contributed by atoms with van der Waals surface area (Å²) in [4.78, 5) is 0. The van der Waals surface area contributed by atoms with Crippen LogP contribution in [0.15, 0.2) is 54.6 Å². The van der Waals surface area contributed by atoms with Crippen molar-refractivity contribution in [2.24, 2.45) is 0 Å². The average Bonchev–Trinajstić information content (AvgIpc) is 2.52. The highest BCUT2D eigenvalue weighted by molar-refractivity contribution is 5.30. The molecule has 4 heteroatoms. The fourth-order valence-corrected chi connectivity index (χ4v) is 1.94. The van der Waals surface area contributed by atoms with E-state index < -0.39 is 6.10 Å². The number of aliphatic hydroxyl groups excluding tert-OH is 1. The Bertz CT molecular complexity index is 513. The molecule has 21 heavy (non-hydrogen) atoms. The Labute approximate surface area is 125 Å². The van der Waals surface area contributed by atoms with Gasteiger partial charge in [-0.3, -0.25) is 0 Å². The van der Waals surface area contributed by atoms with Crippen molar-refractivity contribution in [3.8, 4) is 11.5 Å². The highest BCUT2D eigenvalue weighted by Crippen LogP contribution is 2.15. The number of aliphatic hydroxyl groups is 1. The second-order valence-corrected chi connectivity index (χ2v) is 4.90. The zero-order chi connectivity index (χ0) is 14.9. The highest BCUT2D eigenvalue weighted by atomic mass is 16.5. The van der Waals surface area contributed by atoms with Crippen molar-refractivity contribution in [3.05, 3.63) is 60.2 Å². The topological polar surface area (TPSA) is 61.7 Å². The third-order valence-electron chi connectivity index (χ3n) is 3.09. The molecular formula is C17H21NO3. The van der Waals surface area contributed by atoms with Gasteiger partial charge in [0.25, 0.3) is 0 Å². The van der Waals surface area contributed by atoms with Crippen LogP contribution in [-0.2, 0) is 6.42 Å². The van der Waals surface area contributed by atoms with E-state index in [1.165, 1.54) is 5.56 Å². The normalized spacial score (nSPS) is 12.0. The lowest BCUT2D eigenvalue weighted by Crippen LogP contribution is -2.32. The molecule has 0 heterocycles. The minimum Gasteiger partial charge on any atom is -0.508 e. The Morgan fingerprint density at radius 3 is 2.43 bits per heavy atom. The van der Waals surface area contributed by atoms with E-state index in [1.807, 2.05) is 18.2 Å². The summed E-state index contributed by atoms with van der Waals surface area (Å²) in [6.07, 6.45) is 0.376. The molecule has 2 aromatic carbocycles. The SMILES string of the molecule is Oc1ccc(OCC(O)CNCCc2ccccc2)cc1. The molecule has 0 aromatic heterocycles. The first-order chi connectivity index (χ1) is 10.2. The predicted molar refractivity (Wildman–Crippen MR) is 82.6 cm³/mol. The number of hydrogen-bond donors (Lipinski definition) is 3. The van der Waals surface area contributed by atoms with E-state index in [4.69, 9.17) is 9.84 Å². The fourth-order valence-electron chi connectivity index (χ4n) is 1.94. The van der Waals surface area contributed by atoms with Gasteiger partial charge in [-0.15, -0.1) is 0 Å². The molecule has 2 aromatic rings. The molecule has 3 N–H and O–H groups in total. The summed E-state index contributed by atoms with van der Waals surface area (Å²) in [6.45, 7) is 1.54. The molecule has 0 aliphatic heterocycles. The summed E-state index contributed by atoms with van der Waals surface area (Å²) in [5.74, 6) is 0.835. The van der Waals surface area contributed by atoms with Crippen LogP contribution < -0.4 is 10.1 Å². The van der Waals surface area contributed by atoms with E-state index in [-0.39, 0.29) is 12.4 Å². The first-order valence-electron chi connectivity index (χ1n) is 7.08. The van der Waals surface area contributed by atoms with Gasteiger partial charge in [-0.2, -0.15) is 0 Å². The number of ether oxygens (including phenoxy) is 1. The Morgan fingerprint density at radius 2 is 1.71 bits per heavy atom. The van der Waals surface area contributed by atoms with Gasteiger partial charge in [0.2, 0.25) is 0 Å². The Balaban J connectivity index is 1.59. The number of phenolic OH excluding ortho intramolecular Hbond substituents is 1. The highest BCUT2D eigenvalue weighted by Gasteiger charge is 2.04. The van der Waals surface area contributed by atoms with Gasteiger partial charge in [0, 0.05) is 6.54 Å². The molecule has 4 nitrogen and oxygen atoms in total. The lowest BCUT2D eigenvalue weighted by molar-refractivity contribution is 0.106. The van der Waals surface area contributed by atoms with E-state index in [0.717, 1.165) is 13.0 Å². The number of hydrogen-bond acceptors (Lipinski definition) is 4. The van der Waals surface area contributed by atoms with Gasteiger partial charge < -0.3 is 20.3 Å². The van der Waals surface area contributed by atoms with E-state index in [2.05, 4.69) is 17.4 Å². The van der Waals surface area contributed by atoms with Crippen molar-refractivity contribution in [2.45, 2.75) is 12.5 Å². The predicted octanol–water partition coefficient (Wildman–Crippen LogP) is 1.96. The molecule has 0 amide bonds. The quantitative estimate of drug-likeness (QED) is 0.650. The molecule has 0 spiro atoms. The van der Waals surface area contributed by atoms with Crippen molar-refractivity contribution in [2.75, 3.05) is 19.7 Å². The van der Waals surface area contributed by atoms with Crippen LogP contribution in [0.5, 0.6) is 11.5 Å². The summed E-state index contributed by atoms with van der Waals surface area (Å²) in [5, 5.41) is 22.2. The van der Waals surface area contributed by atoms with E-state index >= 15 is 0 Å². The zero-order valence-electron chi connectivity index (χ0n) is 11.9. The number of aromatic hydroxyl groups is 1. The minimum atomic E-state index is -0.561. The van der Waals surface area contributed by atoms with E-state index in [1.54, 1.807) is 24.3 Å². The van der Waals surface area contributed by atoms with Gasteiger partial charge >= 0.3 is 0 Å². The molecule has 0 saturated carbocycles. The largest absolute Gasteiger partial charge is 0.508 e. The van der Waals surface area contributed by atoms with Gasteiger partial charge in [0.15, 0.2) is 0 Å². The van der Waals surface area contributed by atoms with Crippen LogP contribution in [0, 0.1) is 0 Å². The molecule has 0 fully saturated rings. The lowest BCUT2D eigenvalue weighted by Gasteiger charge is -2.13. The zero-order valence-corrected chi connectivity index (χ0v) is 11.9. The number of phenols is 1. The Hall–Kier alpha value is -2.04. The van der Waals surface area contributed by atoms with Crippen molar-refractivity contribution < 1.29 is 14.9 Å². The lowest BCUT2D eigenvalue weighted by atomic mass is 10.1. The molecular weight excluding hydrogens is 266 g/mol. The van der Waals surface area contributed by atoms with Crippen LogP contribution in [0.4, 0.5) is 0 Å².